The second-order valence-corrected chi connectivity index (χ2v) is 4.69. The minimum Gasteiger partial charge on any atom is -0.545 e. The fourth-order valence-corrected chi connectivity index (χ4v) is 1.93. The van der Waals surface area contributed by atoms with Crippen molar-refractivity contribution < 1.29 is 39.5 Å². The number of carbonyl (C=O) groups is 1. The molecule has 0 atom stereocenters. The van der Waals surface area contributed by atoms with Crippen LogP contribution in [-0.2, 0) is 4.79 Å². The number of carboxylic acids is 1. The van der Waals surface area contributed by atoms with Gasteiger partial charge >= 0.3 is 29.6 Å². The van der Waals surface area contributed by atoms with Crippen LogP contribution in [-0.4, -0.2) is 5.97 Å². The van der Waals surface area contributed by atoms with Crippen molar-refractivity contribution in [1.82, 2.24) is 0 Å². The quantitative estimate of drug-likeness (QED) is 0.294. The summed E-state index contributed by atoms with van der Waals surface area (Å²) in [7, 11) is 0. The zero-order chi connectivity index (χ0) is 12.8. The van der Waals surface area contributed by atoms with Gasteiger partial charge in [-0.15, -0.1) is 0 Å². The Bertz CT molecular complexity index is 203. The average Bonchev–Trinajstić information content (AvgIpc) is 2.30. The topological polar surface area (TPSA) is 40.1 Å². The van der Waals surface area contributed by atoms with Crippen LogP contribution >= 0.6 is 0 Å². The van der Waals surface area contributed by atoms with E-state index in [9.17, 15) is 9.90 Å². The molecule has 0 aromatic heterocycles. The predicted octanol–water partition coefficient (Wildman–Crippen LogP) is 0.608. The predicted molar refractivity (Wildman–Crippen MR) is 70.6 cm³/mol. The van der Waals surface area contributed by atoms with Crippen molar-refractivity contribution in [3.63, 3.8) is 0 Å². The van der Waals surface area contributed by atoms with Crippen LogP contribution < -0.4 is 34.7 Å². The monoisotopic (exact) mass is 262 g/mol. The number of allylic oxidation sites excluding steroid dienone is 1. The van der Waals surface area contributed by atoms with Crippen molar-refractivity contribution >= 4 is 5.97 Å². The van der Waals surface area contributed by atoms with Crippen molar-refractivity contribution in [1.29, 1.82) is 0 Å². The van der Waals surface area contributed by atoms with Crippen LogP contribution in [0.25, 0.3) is 0 Å². The maximum Gasteiger partial charge on any atom is 1.00 e. The molecule has 100 valence electrons. The maximum absolute atomic E-state index is 10.1. The van der Waals surface area contributed by atoms with Crippen LogP contribution in [0.5, 0.6) is 0 Å². The van der Waals surface area contributed by atoms with Crippen molar-refractivity contribution in [2.75, 3.05) is 0 Å². The molecule has 0 rings (SSSR count). The van der Waals surface area contributed by atoms with Gasteiger partial charge in [0.25, 0.3) is 0 Å². The number of hydrogen-bond donors (Lipinski definition) is 0. The number of rotatable bonds is 12. The second kappa shape index (κ2) is 17.2. The van der Waals surface area contributed by atoms with Crippen LogP contribution in [0, 0.1) is 0 Å². The van der Waals surface area contributed by atoms with Gasteiger partial charge in [0.1, 0.15) is 0 Å². The number of unbranched alkanes of at least 4 members (excludes halogenated alkanes) is 10. The molecule has 0 N–H and O–H groups in total. The minimum atomic E-state index is -1.09. The fourth-order valence-electron chi connectivity index (χ4n) is 1.93. The van der Waals surface area contributed by atoms with Gasteiger partial charge in [-0.3, -0.25) is 0 Å². The van der Waals surface area contributed by atoms with E-state index in [1.54, 1.807) is 6.08 Å². The standard InChI is InChI=1S/C15H28O2.Na/c1-2-3-4-5-6-7-8-9-10-11-12-13-14-15(16)17;/h13-14H,2-12H2,1H3,(H,16,17);/q;+1/p-1. The Morgan fingerprint density at radius 3 is 1.78 bits per heavy atom. The zero-order valence-corrected chi connectivity index (χ0v) is 14.2. The summed E-state index contributed by atoms with van der Waals surface area (Å²) in [5, 5.41) is 10.1. The Balaban J connectivity index is 0. The van der Waals surface area contributed by atoms with Crippen LogP contribution in [0.15, 0.2) is 12.2 Å². The summed E-state index contributed by atoms with van der Waals surface area (Å²) in [6.45, 7) is 2.24. The molecule has 0 radical (unpaired) electrons. The molecule has 0 unspecified atom stereocenters. The molecular weight excluding hydrogens is 235 g/mol. The molecule has 0 aliphatic rings. The van der Waals surface area contributed by atoms with Gasteiger partial charge in [0.15, 0.2) is 0 Å². The first-order chi connectivity index (χ1) is 8.27. The van der Waals surface area contributed by atoms with Gasteiger partial charge in [-0.1, -0.05) is 70.8 Å². The summed E-state index contributed by atoms with van der Waals surface area (Å²) in [4.78, 5) is 10.1. The first-order valence-electron chi connectivity index (χ1n) is 7.15. The van der Waals surface area contributed by atoms with Crippen LogP contribution in [0.1, 0.15) is 77.6 Å². The van der Waals surface area contributed by atoms with Crippen molar-refractivity contribution in [3.8, 4) is 0 Å². The molecular formula is C15H27NaO2. The van der Waals surface area contributed by atoms with E-state index in [4.69, 9.17) is 0 Å². The first kappa shape index (κ1) is 20.5. The van der Waals surface area contributed by atoms with Crippen LogP contribution in [0.2, 0.25) is 0 Å². The third-order valence-corrected chi connectivity index (χ3v) is 2.98. The molecule has 0 aromatic rings. The summed E-state index contributed by atoms with van der Waals surface area (Å²) < 4.78 is 0. The summed E-state index contributed by atoms with van der Waals surface area (Å²) in [6, 6.07) is 0. The Morgan fingerprint density at radius 1 is 0.889 bits per heavy atom. The number of carboxylic acid groups (broad SMARTS) is 1. The van der Waals surface area contributed by atoms with Crippen LogP contribution in [0.4, 0.5) is 0 Å². The van der Waals surface area contributed by atoms with Gasteiger partial charge in [-0.25, -0.2) is 0 Å². The molecule has 18 heavy (non-hydrogen) atoms. The SMILES string of the molecule is CCCCCCCCCCCCC=CC(=O)[O-].[Na+]. The van der Waals surface area contributed by atoms with E-state index < -0.39 is 5.97 Å². The Morgan fingerprint density at radius 2 is 1.33 bits per heavy atom. The van der Waals surface area contributed by atoms with E-state index >= 15 is 0 Å². The third kappa shape index (κ3) is 18.6. The summed E-state index contributed by atoms with van der Waals surface area (Å²) in [6.07, 6.45) is 16.8. The molecule has 0 aliphatic heterocycles. The third-order valence-electron chi connectivity index (χ3n) is 2.98. The van der Waals surface area contributed by atoms with E-state index in [2.05, 4.69) is 6.92 Å². The average molecular weight is 262 g/mol. The minimum absolute atomic E-state index is 0. The summed E-state index contributed by atoms with van der Waals surface area (Å²) in [5.41, 5.74) is 0. The Kier molecular flexibility index (Phi) is 19.6. The van der Waals surface area contributed by atoms with Gasteiger partial charge in [-0.05, 0) is 18.9 Å². The van der Waals surface area contributed by atoms with Crippen molar-refractivity contribution in [3.05, 3.63) is 12.2 Å². The second-order valence-electron chi connectivity index (χ2n) is 4.69. The molecule has 0 heterocycles. The normalized spacial score (nSPS) is 10.5. The fraction of sp³-hybridized carbons (Fsp3) is 0.800. The largest absolute Gasteiger partial charge is 1.00 e. The smallest absolute Gasteiger partial charge is 0.545 e. The molecule has 0 fully saturated rings. The van der Waals surface area contributed by atoms with E-state index in [-0.39, 0.29) is 29.6 Å². The number of aliphatic carboxylic acids is 1. The molecule has 2 nitrogen and oxygen atoms in total. The Labute approximate surface area is 135 Å². The van der Waals surface area contributed by atoms with Gasteiger partial charge in [-0.2, -0.15) is 0 Å². The van der Waals surface area contributed by atoms with Crippen molar-refractivity contribution in [2.45, 2.75) is 77.6 Å². The molecule has 0 aliphatic carbocycles. The molecule has 0 saturated heterocycles. The molecule has 3 heteroatoms. The molecule has 0 saturated carbocycles. The zero-order valence-electron chi connectivity index (χ0n) is 12.2. The number of carbonyl (C=O) groups excluding carboxylic acids is 1. The summed E-state index contributed by atoms with van der Waals surface area (Å²) >= 11 is 0. The first-order valence-corrected chi connectivity index (χ1v) is 7.15. The van der Waals surface area contributed by atoms with E-state index in [0.29, 0.717) is 0 Å². The molecule has 0 aromatic carbocycles. The summed E-state index contributed by atoms with van der Waals surface area (Å²) in [5.74, 6) is -1.09. The van der Waals surface area contributed by atoms with Gasteiger partial charge < -0.3 is 9.90 Å². The van der Waals surface area contributed by atoms with E-state index in [0.717, 1.165) is 18.9 Å². The van der Waals surface area contributed by atoms with Gasteiger partial charge in [0, 0.05) is 0 Å². The van der Waals surface area contributed by atoms with Gasteiger partial charge in [0.05, 0.1) is 5.97 Å². The van der Waals surface area contributed by atoms with Gasteiger partial charge in [0.2, 0.25) is 0 Å². The molecule has 0 bridgehead atoms. The van der Waals surface area contributed by atoms with E-state index in [1.165, 1.54) is 57.8 Å². The van der Waals surface area contributed by atoms with E-state index in [1.807, 2.05) is 0 Å². The maximum atomic E-state index is 10.1. The molecule has 0 amide bonds. The number of hydrogen-bond acceptors (Lipinski definition) is 2. The Hall–Kier alpha value is 0.210. The molecule has 0 spiro atoms. The van der Waals surface area contributed by atoms with Crippen molar-refractivity contribution in [2.24, 2.45) is 0 Å². The van der Waals surface area contributed by atoms with Crippen LogP contribution in [0.3, 0.4) is 0 Å².